The molecule has 0 aliphatic heterocycles. The first-order valence-electron chi connectivity index (χ1n) is 5.87. The maximum absolute atomic E-state index is 4.56. The highest BCUT2D eigenvalue weighted by Crippen LogP contribution is 2.23. The topological polar surface area (TPSA) is 46.0 Å². The molecule has 0 saturated heterocycles. The SMILES string of the molecule is c1ccc2[nH]c(SCc3cn4ccsc4n3)nc2c1. The number of para-hydroxylation sites is 2. The summed E-state index contributed by atoms with van der Waals surface area (Å²) >= 11 is 3.33. The summed E-state index contributed by atoms with van der Waals surface area (Å²) in [5.74, 6) is 0.828. The van der Waals surface area contributed by atoms with E-state index in [0.717, 1.165) is 32.6 Å². The van der Waals surface area contributed by atoms with Crippen LogP contribution >= 0.6 is 23.1 Å². The molecule has 0 radical (unpaired) electrons. The van der Waals surface area contributed by atoms with Crippen LogP contribution in [0, 0.1) is 0 Å². The standard InChI is InChI=1S/C13H10N4S2/c1-2-4-11-10(3-1)15-12(16-11)19-8-9-7-17-5-6-18-13(17)14-9/h1-7H,8H2,(H,15,16). The zero-order valence-electron chi connectivity index (χ0n) is 9.91. The molecule has 94 valence electrons. The lowest BCUT2D eigenvalue weighted by Gasteiger charge is -1.92. The second-order valence-electron chi connectivity index (χ2n) is 4.17. The average molecular weight is 286 g/mol. The number of imidazole rings is 2. The van der Waals surface area contributed by atoms with Crippen molar-refractivity contribution in [2.75, 3.05) is 0 Å². The molecular formula is C13H10N4S2. The number of benzene rings is 1. The lowest BCUT2D eigenvalue weighted by molar-refractivity contribution is 1.07. The Bertz CT molecular complexity index is 781. The molecule has 4 rings (SSSR count). The molecule has 3 heterocycles. The van der Waals surface area contributed by atoms with Gasteiger partial charge in [0.1, 0.15) is 0 Å². The third-order valence-electron chi connectivity index (χ3n) is 2.87. The molecule has 1 N–H and O–H groups in total. The summed E-state index contributed by atoms with van der Waals surface area (Å²) < 4.78 is 2.05. The van der Waals surface area contributed by atoms with Crippen molar-refractivity contribution in [2.45, 2.75) is 10.9 Å². The molecule has 0 saturated carbocycles. The smallest absolute Gasteiger partial charge is 0.193 e. The van der Waals surface area contributed by atoms with E-state index in [9.17, 15) is 0 Å². The zero-order valence-corrected chi connectivity index (χ0v) is 11.5. The maximum Gasteiger partial charge on any atom is 0.193 e. The van der Waals surface area contributed by atoms with Gasteiger partial charge in [0, 0.05) is 23.5 Å². The summed E-state index contributed by atoms with van der Waals surface area (Å²) in [5.41, 5.74) is 3.17. The molecule has 0 unspecified atom stereocenters. The van der Waals surface area contributed by atoms with Gasteiger partial charge in [0.25, 0.3) is 0 Å². The molecule has 3 aromatic heterocycles. The van der Waals surface area contributed by atoms with Crippen molar-refractivity contribution in [1.82, 2.24) is 19.4 Å². The predicted octanol–water partition coefficient (Wildman–Crippen LogP) is 3.56. The number of H-pyrrole nitrogens is 1. The fourth-order valence-electron chi connectivity index (χ4n) is 1.99. The van der Waals surface area contributed by atoms with Gasteiger partial charge in [-0.1, -0.05) is 23.9 Å². The van der Waals surface area contributed by atoms with Gasteiger partial charge in [0.15, 0.2) is 10.1 Å². The van der Waals surface area contributed by atoms with Crippen molar-refractivity contribution in [3.05, 3.63) is 47.7 Å². The second kappa shape index (κ2) is 4.40. The summed E-state index contributed by atoms with van der Waals surface area (Å²) in [6.45, 7) is 0. The molecule has 0 amide bonds. The fraction of sp³-hybridized carbons (Fsp3) is 0.0769. The van der Waals surface area contributed by atoms with Gasteiger partial charge < -0.3 is 4.98 Å². The van der Waals surface area contributed by atoms with E-state index < -0.39 is 0 Å². The molecule has 6 heteroatoms. The van der Waals surface area contributed by atoms with Gasteiger partial charge in [-0.3, -0.25) is 4.40 Å². The highest BCUT2D eigenvalue weighted by atomic mass is 32.2. The number of rotatable bonds is 3. The minimum Gasteiger partial charge on any atom is -0.333 e. The van der Waals surface area contributed by atoms with Crippen molar-refractivity contribution < 1.29 is 0 Å². The highest BCUT2D eigenvalue weighted by Gasteiger charge is 2.06. The van der Waals surface area contributed by atoms with Crippen LogP contribution in [0.25, 0.3) is 16.0 Å². The first-order valence-corrected chi connectivity index (χ1v) is 7.74. The Balaban J connectivity index is 1.56. The van der Waals surface area contributed by atoms with E-state index in [1.54, 1.807) is 23.1 Å². The quantitative estimate of drug-likeness (QED) is 0.586. The first kappa shape index (κ1) is 11.1. The molecule has 1 aromatic carbocycles. The summed E-state index contributed by atoms with van der Waals surface area (Å²) in [7, 11) is 0. The van der Waals surface area contributed by atoms with E-state index in [-0.39, 0.29) is 0 Å². The monoisotopic (exact) mass is 286 g/mol. The third kappa shape index (κ3) is 2.02. The molecule has 0 bridgehead atoms. The van der Waals surface area contributed by atoms with Crippen molar-refractivity contribution >= 4 is 39.1 Å². The van der Waals surface area contributed by atoms with Gasteiger partial charge in [0.05, 0.1) is 16.7 Å². The van der Waals surface area contributed by atoms with Crippen LogP contribution in [0.1, 0.15) is 5.69 Å². The van der Waals surface area contributed by atoms with Crippen LogP contribution in [0.5, 0.6) is 0 Å². The van der Waals surface area contributed by atoms with E-state index in [1.165, 1.54) is 0 Å². The van der Waals surface area contributed by atoms with Crippen molar-refractivity contribution in [3.8, 4) is 0 Å². The van der Waals surface area contributed by atoms with E-state index in [1.807, 2.05) is 35.8 Å². The Morgan fingerprint density at radius 3 is 3.11 bits per heavy atom. The van der Waals surface area contributed by atoms with Crippen LogP contribution < -0.4 is 0 Å². The molecule has 0 atom stereocenters. The third-order valence-corrected chi connectivity index (χ3v) is 4.55. The lowest BCUT2D eigenvalue weighted by atomic mass is 10.3. The molecular weight excluding hydrogens is 276 g/mol. The van der Waals surface area contributed by atoms with E-state index >= 15 is 0 Å². The van der Waals surface area contributed by atoms with Crippen LogP contribution in [-0.2, 0) is 5.75 Å². The Kier molecular flexibility index (Phi) is 2.56. The van der Waals surface area contributed by atoms with E-state index in [4.69, 9.17) is 0 Å². The number of hydrogen-bond donors (Lipinski definition) is 1. The zero-order chi connectivity index (χ0) is 12.7. The van der Waals surface area contributed by atoms with Crippen molar-refractivity contribution in [1.29, 1.82) is 0 Å². The number of thiazole rings is 1. The van der Waals surface area contributed by atoms with Gasteiger partial charge in [0.2, 0.25) is 0 Å². The maximum atomic E-state index is 4.56. The van der Waals surface area contributed by atoms with Gasteiger partial charge in [-0.05, 0) is 12.1 Å². The van der Waals surface area contributed by atoms with Gasteiger partial charge in [-0.15, -0.1) is 11.3 Å². The van der Waals surface area contributed by atoms with E-state index in [0.29, 0.717) is 0 Å². The van der Waals surface area contributed by atoms with Crippen LogP contribution in [-0.4, -0.2) is 19.4 Å². The fourth-order valence-corrected chi connectivity index (χ4v) is 3.47. The predicted molar refractivity (Wildman–Crippen MR) is 78.7 cm³/mol. The number of nitrogens with one attached hydrogen (secondary N) is 1. The van der Waals surface area contributed by atoms with Crippen LogP contribution in [0.3, 0.4) is 0 Å². The molecule has 0 fully saturated rings. The van der Waals surface area contributed by atoms with Crippen LogP contribution in [0.2, 0.25) is 0 Å². The van der Waals surface area contributed by atoms with Crippen LogP contribution in [0.15, 0.2) is 47.2 Å². The average Bonchev–Trinajstić information content (AvgIpc) is 3.09. The lowest BCUT2D eigenvalue weighted by Crippen LogP contribution is -1.81. The number of thioether (sulfide) groups is 1. The highest BCUT2D eigenvalue weighted by molar-refractivity contribution is 7.98. The molecule has 19 heavy (non-hydrogen) atoms. The van der Waals surface area contributed by atoms with Gasteiger partial charge in [-0.2, -0.15) is 0 Å². The minimum atomic E-state index is 0.828. The summed E-state index contributed by atoms with van der Waals surface area (Å²) in [5, 5.41) is 2.98. The molecule has 4 nitrogen and oxygen atoms in total. The van der Waals surface area contributed by atoms with Gasteiger partial charge >= 0.3 is 0 Å². The Hall–Kier alpha value is -1.79. The molecule has 4 aromatic rings. The Morgan fingerprint density at radius 2 is 2.21 bits per heavy atom. The minimum absolute atomic E-state index is 0.828. The summed E-state index contributed by atoms with van der Waals surface area (Å²) in [6.07, 6.45) is 4.10. The Morgan fingerprint density at radius 1 is 1.26 bits per heavy atom. The first-order chi connectivity index (χ1) is 9.38. The van der Waals surface area contributed by atoms with Crippen molar-refractivity contribution in [2.24, 2.45) is 0 Å². The van der Waals surface area contributed by atoms with Crippen molar-refractivity contribution in [3.63, 3.8) is 0 Å². The number of fused-ring (bicyclic) bond motifs is 2. The molecule has 0 aliphatic rings. The second-order valence-corrected chi connectivity index (χ2v) is 6.01. The number of aromatic amines is 1. The number of nitrogens with zero attached hydrogens (tertiary/aromatic N) is 3. The van der Waals surface area contributed by atoms with Crippen LogP contribution in [0.4, 0.5) is 0 Å². The molecule has 0 spiro atoms. The summed E-state index contributed by atoms with van der Waals surface area (Å²) in [6, 6.07) is 8.07. The van der Waals surface area contributed by atoms with Gasteiger partial charge in [-0.25, -0.2) is 9.97 Å². The van der Waals surface area contributed by atoms with E-state index in [2.05, 4.69) is 25.5 Å². The normalized spacial score (nSPS) is 11.6. The number of hydrogen-bond acceptors (Lipinski definition) is 4. The molecule has 0 aliphatic carbocycles. The number of aromatic nitrogens is 4. The largest absolute Gasteiger partial charge is 0.333 e. The summed E-state index contributed by atoms with van der Waals surface area (Å²) in [4.78, 5) is 13.5. The Labute approximate surface area is 117 Å².